The fraction of sp³-hybridized carbons (Fsp3) is 0.529. The zero-order valence-electron chi connectivity index (χ0n) is 12.3. The summed E-state index contributed by atoms with van der Waals surface area (Å²) < 4.78 is 11.0. The van der Waals surface area contributed by atoms with Crippen molar-refractivity contribution in [1.29, 1.82) is 0 Å². The fourth-order valence-electron chi connectivity index (χ4n) is 4.10. The Morgan fingerprint density at radius 1 is 1.24 bits per heavy atom. The van der Waals surface area contributed by atoms with Crippen molar-refractivity contribution in [2.24, 2.45) is 17.8 Å². The molecule has 0 amide bonds. The number of hydrogen-bond acceptors (Lipinski definition) is 4. The fourth-order valence-corrected chi connectivity index (χ4v) is 4.10. The molecule has 2 aliphatic carbocycles. The van der Waals surface area contributed by atoms with Crippen molar-refractivity contribution in [3.8, 4) is 0 Å². The third-order valence-electron chi connectivity index (χ3n) is 5.00. The standard InChI is InChI=1S/C17H20O4/c1-8-5-6-12-9(2)7-13(20-11(4)18)15-10(3)17(19)21-16(15)14(8)12/h12-16H,1-3,5-7H2,4H3/t12-,13-,14+,15-,16-/m1/s1. The number of carbonyl (C=O) groups is 2. The Hall–Kier alpha value is -1.84. The highest BCUT2D eigenvalue weighted by Gasteiger charge is 2.54. The van der Waals surface area contributed by atoms with E-state index >= 15 is 0 Å². The number of carbonyl (C=O) groups excluding carboxylic acids is 2. The molecule has 5 atom stereocenters. The van der Waals surface area contributed by atoms with Crippen molar-refractivity contribution >= 4 is 11.9 Å². The van der Waals surface area contributed by atoms with Crippen LogP contribution in [0.4, 0.5) is 0 Å². The van der Waals surface area contributed by atoms with Gasteiger partial charge in [-0.05, 0) is 18.8 Å². The number of fused-ring (bicyclic) bond motifs is 3. The molecule has 1 saturated heterocycles. The van der Waals surface area contributed by atoms with Gasteiger partial charge in [-0.2, -0.15) is 0 Å². The van der Waals surface area contributed by atoms with E-state index in [-0.39, 0.29) is 35.8 Å². The molecule has 0 unspecified atom stereocenters. The lowest BCUT2D eigenvalue weighted by Crippen LogP contribution is -2.35. The molecule has 21 heavy (non-hydrogen) atoms. The van der Waals surface area contributed by atoms with Gasteiger partial charge in [0.1, 0.15) is 12.2 Å². The first-order chi connectivity index (χ1) is 9.90. The largest absolute Gasteiger partial charge is 0.461 e. The molecule has 0 N–H and O–H groups in total. The average molecular weight is 288 g/mol. The van der Waals surface area contributed by atoms with Crippen molar-refractivity contribution in [1.82, 2.24) is 0 Å². The van der Waals surface area contributed by atoms with Gasteiger partial charge < -0.3 is 9.47 Å². The average Bonchev–Trinajstić information content (AvgIpc) is 2.86. The molecule has 0 radical (unpaired) electrons. The molecule has 4 nitrogen and oxygen atoms in total. The van der Waals surface area contributed by atoms with E-state index in [0.29, 0.717) is 12.0 Å². The van der Waals surface area contributed by atoms with Gasteiger partial charge in [0.2, 0.25) is 0 Å². The maximum Gasteiger partial charge on any atom is 0.334 e. The predicted molar refractivity (Wildman–Crippen MR) is 77.2 cm³/mol. The predicted octanol–water partition coefficient (Wildman–Crippen LogP) is 2.56. The van der Waals surface area contributed by atoms with Gasteiger partial charge in [0.25, 0.3) is 0 Å². The summed E-state index contributed by atoms with van der Waals surface area (Å²) in [6, 6.07) is 0. The maximum absolute atomic E-state index is 11.9. The van der Waals surface area contributed by atoms with Gasteiger partial charge in [-0.25, -0.2) is 4.79 Å². The van der Waals surface area contributed by atoms with Crippen LogP contribution in [0.15, 0.2) is 36.5 Å². The summed E-state index contributed by atoms with van der Waals surface area (Å²) >= 11 is 0. The molecule has 0 aromatic carbocycles. The van der Waals surface area contributed by atoms with Crippen LogP contribution in [-0.2, 0) is 19.1 Å². The van der Waals surface area contributed by atoms with Gasteiger partial charge in [-0.1, -0.05) is 30.9 Å². The molecule has 3 aliphatic rings. The second-order valence-electron chi connectivity index (χ2n) is 6.26. The van der Waals surface area contributed by atoms with Crippen LogP contribution in [0.5, 0.6) is 0 Å². The van der Waals surface area contributed by atoms with Crippen molar-refractivity contribution in [3.63, 3.8) is 0 Å². The third-order valence-corrected chi connectivity index (χ3v) is 5.00. The Labute approximate surface area is 124 Å². The first kappa shape index (κ1) is 14.1. The molecule has 0 aromatic heterocycles. The smallest absolute Gasteiger partial charge is 0.334 e. The summed E-state index contributed by atoms with van der Waals surface area (Å²) in [5.74, 6) is -0.698. The lowest BCUT2D eigenvalue weighted by Gasteiger charge is -2.27. The SMILES string of the molecule is C=C1CC[C@@H]2C(=C)C[C@@H](OC(C)=O)[C@H]3C(=C)C(=O)O[C@@H]3[C@@H]12. The van der Waals surface area contributed by atoms with Gasteiger partial charge in [-0.15, -0.1) is 0 Å². The monoisotopic (exact) mass is 288 g/mol. The van der Waals surface area contributed by atoms with E-state index in [1.54, 1.807) is 0 Å². The molecule has 2 saturated carbocycles. The highest BCUT2D eigenvalue weighted by Crippen LogP contribution is 2.52. The van der Waals surface area contributed by atoms with Crippen LogP contribution >= 0.6 is 0 Å². The number of rotatable bonds is 1. The summed E-state index contributed by atoms with van der Waals surface area (Å²) in [7, 11) is 0. The van der Waals surface area contributed by atoms with E-state index in [0.717, 1.165) is 24.0 Å². The molecule has 0 aromatic rings. The second-order valence-corrected chi connectivity index (χ2v) is 6.26. The van der Waals surface area contributed by atoms with E-state index in [4.69, 9.17) is 9.47 Å². The zero-order valence-corrected chi connectivity index (χ0v) is 12.3. The first-order valence-corrected chi connectivity index (χ1v) is 7.32. The summed E-state index contributed by atoms with van der Waals surface area (Å²) in [5, 5.41) is 0. The van der Waals surface area contributed by atoms with Crippen LogP contribution in [0.3, 0.4) is 0 Å². The van der Waals surface area contributed by atoms with Crippen LogP contribution in [-0.4, -0.2) is 24.1 Å². The number of hydrogen-bond donors (Lipinski definition) is 0. The van der Waals surface area contributed by atoms with Crippen molar-refractivity contribution in [2.45, 2.75) is 38.4 Å². The minimum atomic E-state index is -0.419. The van der Waals surface area contributed by atoms with Gasteiger partial charge >= 0.3 is 11.9 Å². The molecule has 3 fully saturated rings. The molecule has 0 bridgehead atoms. The normalized spacial score (nSPS) is 38.6. The summed E-state index contributed by atoms with van der Waals surface area (Å²) in [6.45, 7) is 13.6. The van der Waals surface area contributed by atoms with Gasteiger partial charge in [0, 0.05) is 24.8 Å². The van der Waals surface area contributed by atoms with E-state index in [9.17, 15) is 9.59 Å². The highest BCUT2D eigenvalue weighted by atomic mass is 16.6. The molecule has 1 aliphatic heterocycles. The van der Waals surface area contributed by atoms with E-state index in [1.165, 1.54) is 6.92 Å². The Morgan fingerprint density at radius 3 is 2.62 bits per heavy atom. The van der Waals surface area contributed by atoms with Crippen molar-refractivity contribution in [2.75, 3.05) is 0 Å². The summed E-state index contributed by atoms with van der Waals surface area (Å²) in [5.41, 5.74) is 2.56. The summed E-state index contributed by atoms with van der Waals surface area (Å²) in [4.78, 5) is 23.3. The second kappa shape index (κ2) is 4.86. The van der Waals surface area contributed by atoms with Crippen LogP contribution in [0.25, 0.3) is 0 Å². The van der Waals surface area contributed by atoms with Gasteiger partial charge in [-0.3, -0.25) is 4.79 Å². The quantitative estimate of drug-likeness (QED) is 0.423. The Morgan fingerprint density at radius 2 is 1.95 bits per heavy atom. The zero-order chi connectivity index (χ0) is 15.3. The van der Waals surface area contributed by atoms with Crippen LogP contribution in [0.2, 0.25) is 0 Å². The van der Waals surface area contributed by atoms with Crippen LogP contribution in [0.1, 0.15) is 26.2 Å². The van der Waals surface area contributed by atoms with Gasteiger partial charge in [0.05, 0.1) is 5.92 Å². The topological polar surface area (TPSA) is 52.6 Å². The van der Waals surface area contributed by atoms with Crippen LogP contribution < -0.4 is 0 Å². The molecule has 4 heteroatoms. The minimum Gasteiger partial charge on any atom is -0.461 e. The minimum absolute atomic E-state index is 0.0752. The molecule has 0 spiro atoms. The van der Waals surface area contributed by atoms with Gasteiger partial charge in [0.15, 0.2) is 0 Å². The van der Waals surface area contributed by atoms with E-state index in [1.807, 2.05) is 0 Å². The number of esters is 2. The molecule has 112 valence electrons. The van der Waals surface area contributed by atoms with E-state index in [2.05, 4.69) is 19.7 Å². The van der Waals surface area contributed by atoms with E-state index < -0.39 is 6.10 Å². The lowest BCUT2D eigenvalue weighted by molar-refractivity contribution is -0.150. The van der Waals surface area contributed by atoms with Crippen molar-refractivity contribution in [3.05, 3.63) is 36.5 Å². The molecular formula is C17H20O4. The van der Waals surface area contributed by atoms with Crippen molar-refractivity contribution < 1.29 is 19.1 Å². The molecular weight excluding hydrogens is 268 g/mol. The Balaban J connectivity index is 2.02. The number of ether oxygens (including phenoxy) is 2. The highest BCUT2D eigenvalue weighted by molar-refractivity contribution is 5.91. The summed E-state index contributed by atoms with van der Waals surface area (Å²) in [6.07, 6.45) is 1.72. The Bertz CT molecular complexity index is 559. The van der Waals surface area contributed by atoms with Crippen LogP contribution in [0, 0.1) is 17.8 Å². The lowest BCUT2D eigenvalue weighted by atomic mass is 9.81. The molecule has 3 rings (SSSR count). The molecule has 1 heterocycles. The maximum atomic E-state index is 11.9. The Kier molecular flexibility index (Phi) is 3.27. The third kappa shape index (κ3) is 2.13. The first-order valence-electron chi connectivity index (χ1n) is 7.32.